The Bertz CT molecular complexity index is 376. The highest BCUT2D eigenvalue weighted by atomic mass is 16.3. The molecule has 0 unspecified atom stereocenters. The first kappa shape index (κ1) is 10.3. The van der Waals surface area contributed by atoms with Gasteiger partial charge in [-0.1, -0.05) is 0 Å². The first-order valence-electron chi connectivity index (χ1n) is 4.84. The molecule has 1 heterocycles. The number of ketones is 1. The zero-order chi connectivity index (χ0) is 10.8. The fourth-order valence-electron chi connectivity index (χ4n) is 1.57. The zero-order valence-electron chi connectivity index (χ0n) is 8.78. The van der Waals surface area contributed by atoms with Crippen molar-refractivity contribution in [1.82, 2.24) is 0 Å². The first-order chi connectivity index (χ1) is 7.18. The normalized spacial score (nSPS) is 16.9. The molecule has 5 radical (unpaired) electrons. The number of carbonyl (C=O) groups excluding carboxylic acids is 1. The summed E-state index contributed by atoms with van der Waals surface area (Å²) in [5.74, 6) is 1.77. The molecule has 2 heteroatoms. The molecule has 2 nitrogen and oxygen atoms in total. The van der Waals surface area contributed by atoms with Gasteiger partial charge in [0.05, 0.1) is 12.5 Å². The summed E-state index contributed by atoms with van der Waals surface area (Å²) < 4.78 is 5.35. The van der Waals surface area contributed by atoms with E-state index in [0.717, 1.165) is 11.5 Å². The fourth-order valence-corrected chi connectivity index (χ4v) is 1.57. The van der Waals surface area contributed by atoms with Gasteiger partial charge in [0, 0.05) is 5.92 Å². The van der Waals surface area contributed by atoms with Gasteiger partial charge in [-0.3, -0.25) is 4.79 Å². The molecule has 1 fully saturated rings. The van der Waals surface area contributed by atoms with Gasteiger partial charge in [-0.25, -0.2) is 4.42 Å². The van der Waals surface area contributed by atoms with Gasteiger partial charge >= 0.3 is 12.0 Å². The van der Waals surface area contributed by atoms with Crippen LogP contribution in [0.2, 0.25) is 0 Å². The van der Waals surface area contributed by atoms with Crippen LogP contribution in [-0.2, 0) is 0 Å². The van der Waals surface area contributed by atoms with Crippen LogP contribution in [0.15, 0.2) is 16.7 Å². The lowest BCUT2D eigenvalue weighted by molar-refractivity contribution is 0.101. The summed E-state index contributed by atoms with van der Waals surface area (Å²) in [7, 11) is 0. The molecule has 2 rings (SSSR count). The summed E-state index contributed by atoms with van der Waals surface area (Å²) in [5, 5.41) is 0. The molecule has 0 aliphatic heterocycles. The number of hydrogen-bond acceptors (Lipinski definition) is 1. The Morgan fingerprint density at radius 1 is 1.27 bits per heavy atom. The van der Waals surface area contributed by atoms with Gasteiger partial charge < -0.3 is 0 Å². The quantitative estimate of drug-likeness (QED) is 0.542. The number of rotatable bonds is 2. The Morgan fingerprint density at radius 2 is 1.93 bits per heavy atom. The van der Waals surface area contributed by atoms with E-state index in [4.69, 9.17) is 4.42 Å². The Hall–Kier alpha value is -1.18. The highest BCUT2D eigenvalue weighted by Gasteiger charge is 2.25. The minimum absolute atomic E-state index is 0.0321. The minimum Gasteiger partial charge on any atom is -0.294 e. The number of aryl methyl sites for hydroxylation is 1. The molecule has 1 aliphatic rings. The second-order valence-electron chi connectivity index (χ2n) is 3.54. The maximum atomic E-state index is 11.3. The van der Waals surface area contributed by atoms with Crippen molar-refractivity contribution in [3.8, 4) is 0 Å². The van der Waals surface area contributed by atoms with E-state index in [1.165, 1.54) is 0 Å². The minimum atomic E-state index is 0.0321. The molecular formula is C13H12O2+. The van der Waals surface area contributed by atoms with Crippen LogP contribution in [-0.4, -0.2) is 5.78 Å². The zero-order valence-corrected chi connectivity index (χ0v) is 8.78. The SMILES string of the molecule is CC(=O)c1cc([C]2[CH][CH][CH][CH]2)c[o+]c1C. The largest absolute Gasteiger partial charge is 0.336 e. The second kappa shape index (κ2) is 4.13. The maximum absolute atomic E-state index is 11.3. The predicted molar refractivity (Wildman–Crippen MR) is 57.4 cm³/mol. The number of hydrogen-bond donors (Lipinski definition) is 0. The standard InChI is InChI=1S/C13H12O2/c1-9(14)13-7-12(8-15-10(13)2)11-5-3-4-6-11/h3-8H,1-2H3/q+1. The lowest BCUT2D eigenvalue weighted by atomic mass is 9.97. The van der Waals surface area contributed by atoms with E-state index in [-0.39, 0.29) is 5.78 Å². The van der Waals surface area contributed by atoms with Gasteiger partial charge in [-0.2, -0.15) is 0 Å². The Balaban J connectivity index is 2.33. The van der Waals surface area contributed by atoms with Gasteiger partial charge in [0.25, 0.3) is 0 Å². The highest BCUT2D eigenvalue weighted by molar-refractivity contribution is 5.95. The molecule has 1 aromatic heterocycles. The molecule has 0 atom stereocenters. The van der Waals surface area contributed by atoms with Gasteiger partial charge in [-0.15, -0.1) is 0 Å². The van der Waals surface area contributed by atoms with E-state index in [9.17, 15) is 4.79 Å². The van der Waals surface area contributed by atoms with E-state index in [2.05, 4.69) is 0 Å². The Kier molecular flexibility index (Phi) is 2.85. The van der Waals surface area contributed by atoms with Crippen molar-refractivity contribution < 1.29 is 9.21 Å². The molecule has 0 saturated heterocycles. The monoisotopic (exact) mass is 200 g/mol. The molecule has 0 aromatic carbocycles. The summed E-state index contributed by atoms with van der Waals surface area (Å²) in [6.45, 7) is 3.35. The van der Waals surface area contributed by atoms with Gasteiger partial charge in [0.2, 0.25) is 0 Å². The number of Topliss-reactive ketones (excluding diaryl/α,β-unsaturated/α-hetero) is 1. The smallest absolute Gasteiger partial charge is 0.294 e. The first-order valence-corrected chi connectivity index (χ1v) is 4.84. The van der Waals surface area contributed by atoms with Crippen LogP contribution < -0.4 is 0 Å². The van der Waals surface area contributed by atoms with Crippen molar-refractivity contribution in [3.05, 3.63) is 60.8 Å². The van der Waals surface area contributed by atoms with Crippen LogP contribution in [0.1, 0.15) is 28.6 Å². The summed E-state index contributed by atoms with van der Waals surface area (Å²) in [5.41, 5.74) is 1.59. The molecule has 0 amide bonds. The lowest BCUT2D eigenvalue weighted by Gasteiger charge is -2.04. The third-order valence-corrected chi connectivity index (χ3v) is 2.42. The van der Waals surface area contributed by atoms with Crippen molar-refractivity contribution in [2.24, 2.45) is 0 Å². The van der Waals surface area contributed by atoms with Crippen LogP contribution >= 0.6 is 0 Å². The van der Waals surface area contributed by atoms with E-state index < -0.39 is 0 Å². The predicted octanol–water partition coefficient (Wildman–Crippen LogP) is 2.83. The van der Waals surface area contributed by atoms with Gasteiger partial charge in [-0.05, 0) is 38.7 Å². The molecule has 1 aromatic rings. The third-order valence-electron chi connectivity index (χ3n) is 2.42. The summed E-state index contributed by atoms with van der Waals surface area (Å²) in [6.07, 6.45) is 9.58. The average molecular weight is 200 g/mol. The van der Waals surface area contributed by atoms with Crippen molar-refractivity contribution in [3.63, 3.8) is 0 Å². The van der Waals surface area contributed by atoms with E-state index in [1.807, 2.05) is 31.7 Å². The van der Waals surface area contributed by atoms with Crippen molar-refractivity contribution >= 4 is 5.78 Å². The summed E-state index contributed by atoms with van der Waals surface area (Å²) >= 11 is 0. The Labute approximate surface area is 90.3 Å². The van der Waals surface area contributed by atoms with Crippen LogP contribution in [0, 0.1) is 38.5 Å². The van der Waals surface area contributed by atoms with E-state index in [0.29, 0.717) is 11.3 Å². The molecule has 0 N–H and O–H groups in total. The topological polar surface area (TPSA) is 28.4 Å². The van der Waals surface area contributed by atoms with E-state index >= 15 is 0 Å². The lowest BCUT2D eigenvalue weighted by Crippen LogP contribution is -2.01. The Morgan fingerprint density at radius 3 is 2.53 bits per heavy atom. The highest BCUT2D eigenvalue weighted by Crippen LogP contribution is 2.31. The molecule has 75 valence electrons. The van der Waals surface area contributed by atoms with Crippen molar-refractivity contribution in [2.45, 2.75) is 13.8 Å². The molecule has 15 heavy (non-hydrogen) atoms. The van der Waals surface area contributed by atoms with Crippen molar-refractivity contribution in [1.29, 1.82) is 0 Å². The second-order valence-corrected chi connectivity index (χ2v) is 3.54. The van der Waals surface area contributed by atoms with Gasteiger partial charge in [0.15, 0.2) is 5.78 Å². The molecule has 0 bridgehead atoms. The summed E-state index contributed by atoms with van der Waals surface area (Å²) in [4.78, 5) is 11.3. The average Bonchev–Trinajstić information content (AvgIpc) is 2.71. The van der Waals surface area contributed by atoms with Gasteiger partial charge in [0.1, 0.15) is 5.56 Å². The molecule has 1 saturated carbocycles. The number of carbonyl (C=O) groups is 1. The van der Waals surface area contributed by atoms with E-state index in [1.54, 1.807) is 20.1 Å². The maximum Gasteiger partial charge on any atom is 0.336 e. The third kappa shape index (κ3) is 2.09. The van der Waals surface area contributed by atoms with Crippen molar-refractivity contribution in [2.75, 3.05) is 0 Å². The fraction of sp³-hybridized carbons (Fsp3) is 0.154. The van der Waals surface area contributed by atoms with Crippen LogP contribution in [0.3, 0.4) is 0 Å². The van der Waals surface area contributed by atoms with Crippen LogP contribution in [0.5, 0.6) is 0 Å². The van der Waals surface area contributed by atoms with Crippen LogP contribution in [0.4, 0.5) is 0 Å². The molecule has 0 spiro atoms. The molecule has 1 aliphatic carbocycles. The molecular weight excluding hydrogens is 188 g/mol. The summed E-state index contributed by atoms with van der Waals surface area (Å²) in [6, 6.07) is 1.87. The van der Waals surface area contributed by atoms with Crippen LogP contribution in [0.25, 0.3) is 0 Å².